The van der Waals surface area contributed by atoms with Crippen molar-refractivity contribution in [3.63, 3.8) is 0 Å². The molecule has 0 radical (unpaired) electrons. The maximum absolute atomic E-state index is 5.37. The Bertz CT molecular complexity index is 490. The number of morpholine rings is 1. The van der Waals surface area contributed by atoms with Crippen LogP contribution in [0.4, 0.5) is 0 Å². The molecule has 1 saturated heterocycles. The van der Waals surface area contributed by atoms with Crippen molar-refractivity contribution in [2.24, 2.45) is 4.99 Å². The number of ether oxygens (including phenoxy) is 2. The van der Waals surface area contributed by atoms with E-state index < -0.39 is 0 Å². The summed E-state index contributed by atoms with van der Waals surface area (Å²) >= 11 is 0. The van der Waals surface area contributed by atoms with Crippen LogP contribution in [0.2, 0.25) is 0 Å². The highest BCUT2D eigenvalue weighted by Crippen LogP contribution is 2.11. The Labute approximate surface area is 168 Å². The van der Waals surface area contributed by atoms with Gasteiger partial charge in [-0.05, 0) is 37.6 Å². The van der Waals surface area contributed by atoms with Crippen molar-refractivity contribution in [2.45, 2.75) is 19.9 Å². The van der Waals surface area contributed by atoms with Gasteiger partial charge in [0.15, 0.2) is 5.96 Å². The molecule has 2 rings (SSSR count). The van der Waals surface area contributed by atoms with Gasteiger partial charge < -0.3 is 20.1 Å². The van der Waals surface area contributed by atoms with Crippen LogP contribution in [0.15, 0.2) is 29.3 Å². The molecule has 0 saturated carbocycles. The first kappa shape index (κ1) is 22.0. The summed E-state index contributed by atoms with van der Waals surface area (Å²) in [5.41, 5.74) is 1.17. The smallest absolute Gasteiger partial charge is 0.191 e. The molecule has 1 heterocycles. The van der Waals surface area contributed by atoms with E-state index in [0.717, 1.165) is 64.1 Å². The third kappa shape index (κ3) is 8.73. The molecule has 1 aromatic carbocycles. The molecule has 2 N–H and O–H groups in total. The standard InChI is InChI=1S/C18H30N4O2.HI/c1-3-19-18(20-9-4-10-22-11-13-24-14-12-22)21-15-16-5-7-17(23-2)8-6-16;/h5-8H,3-4,9-15H2,1-2H3,(H2,19,20,21);1H. The van der Waals surface area contributed by atoms with Crippen LogP contribution in [0.5, 0.6) is 5.75 Å². The summed E-state index contributed by atoms with van der Waals surface area (Å²) in [5.74, 6) is 1.74. The van der Waals surface area contributed by atoms with Crippen molar-refractivity contribution in [2.75, 3.05) is 53.0 Å². The maximum Gasteiger partial charge on any atom is 0.191 e. The number of aliphatic imine (C=N–C) groups is 1. The first-order valence-corrected chi connectivity index (χ1v) is 8.77. The SMILES string of the molecule is CCNC(=NCc1ccc(OC)cc1)NCCCN1CCOCC1.I. The van der Waals surface area contributed by atoms with Gasteiger partial charge in [-0.3, -0.25) is 4.90 Å². The minimum Gasteiger partial charge on any atom is -0.497 e. The zero-order valence-corrected chi connectivity index (χ0v) is 17.6. The van der Waals surface area contributed by atoms with Gasteiger partial charge in [0, 0.05) is 26.2 Å². The van der Waals surface area contributed by atoms with E-state index in [1.54, 1.807) is 7.11 Å². The monoisotopic (exact) mass is 462 g/mol. The molecular formula is C18H31IN4O2. The molecule has 1 aromatic rings. The van der Waals surface area contributed by atoms with Crippen molar-refractivity contribution in [3.8, 4) is 5.75 Å². The molecule has 0 amide bonds. The third-order valence-corrected chi connectivity index (χ3v) is 3.97. The molecule has 6 nitrogen and oxygen atoms in total. The number of halogens is 1. The van der Waals surface area contributed by atoms with Gasteiger partial charge in [0.2, 0.25) is 0 Å². The third-order valence-electron chi connectivity index (χ3n) is 3.97. The first-order valence-electron chi connectivity index (χ1n) is 8.77. The van der Waals surface area contributed by atoms with Crippen LogP contribution in [-0.2, 0) is 11.3 Å². The minimum atomic E-state index is 0. The van der Waals surface area contributed by atoms with Crippen LogP contribution < -0.4 is 15.4 Å². The number of rotatable bonds is 8. The highest BCUT2D eigenvalue weighted by molar-refractivity contribution is 14.0. The lowest BCUT2D eigenvalue weighted by Gasteiger charge is -2.26. The Morgan fingerprint density at radius 2 is 1.92 bits per heavy atom. The predicted octanol–water partition coefficient (Wildman–Crippen LogP) is 2.09. The molecule has 7 heteroatoms. The molecule has 0 spiro atoms. The van der Waals surface area contributed by atoms with E-state index >= 15 is 0 Å². The summed E-state index contributed by atoms with van der Waals surface area (Å²) < 4.78 is 10.5. The lowest BCUT2D eigenvalue weighted by Crippen LogP contribution is -2.40. The number of hydrogen-bond donors (Lipinski definition) is 2. The van der Waals surface area contributed by atoms with Gasteiger partial charge in [-0.1, -0.05) is 12.1 Å². The summed E-state index contributed by atoms with van der Waals surface area (Å²) in [6.45, 7) is 9.44. The Hall–Kier alpha value is -1.06. The van der Waals surface area contributed by atoms with Gasteiger partial charge >= 0.3 is 0 Å². The normalized spacial score (nSPS) is 15.4. The summed E-state index contributed by atoms with van der Waals surface area (Å²) in [7, 11) is 1.68. The fraction of sp³-hybridized carbons (Fsp3) is 0.611. The van der Waals surface area contributed by atoms with Crippen LogP contribution in [0, 0.1) is 0 Å². The van der Waals surface area contributed by atoms with Crippen LogP contribution in [-0.4, -0.2) is 63.9 Å². The van der Waals surface area contributed by atoms with Crippen LogP contribution >= 0.6 is 24.0 Å². The Morgan fingerprint density at radius 3 is 2.56 bits per heavy atom. The fourth-order valence-electron chi connectivity index (χ4n) is 2.58. The molecule has 1 aliphatic heterocycles. The molecule has 1 aliphatic rings. The number of hydrogen-bond acceptors (Lipinski definition) is 4. The second-order valence-corrected chi connectivity index (χ2v) is 5.78. The van der Waals surface area contributed by atoms with Crippen molar-refractivity contribution < 1.29 is 9.47 Å². The molecule has 0 bridgehead atoms. The van der Waals surface area contributed by atoms with E-state index in [1.165, 1.54) is 5.56 Å². The number of methoxy groups -OCH3 is 1. The van der Waals surface area contributed by atoms with E-state index in [1.807, 2.05) is 24.3 Å². The Kier molecular flexibility index (Phi) is 11.6. The number of guanidine groups is 1. The van der Waals surface area contributed by atoms with Crippen molar-refractivity contribution in [1.82, 2.24) is 15.5 Å². The topological polar surface area (TPSA) is 58.1 Å². The van der Waals surface area contributed by atoms with Gasteiger partial charge in [-0.25, -0.2) is 4.99 Å². The Balaban J connectivity index is 0.00000312. The molecule has 0 aromatic heterocycles. The van der Waals surface area contributed by atoms with E-state index in [0.29, 0.717) is 6.54 Å². The molecule has 0 unspecified atom stereocenters. The number of nitrogens with zero attached hydrogens (tertiary/aromatic N) is 2. The van der Waals surface area contributed by atoms with E-state index in [2.05, 4.69) is 27.4 Å². The average Bonchev–Trinajstić information content (AvgIpc) is 2.64. The van der Waals surface area contributed by atoms with E-state index in [4.69, 9.17) is 9.47 Å². The molecule has 0 aliphatic carbocycles. The zero-order chi connectivity index (χ0) is 17.0. The summed E-state index contributed by atoms with van der Waals surface area (Å²) in [5, 5.41) is 6.70. The average molecular weight is 462 g/mol. The summed E-state index contributed by atoms with van der Waals surface area (Å²) in [6, 6.07) is 8.02. The minimum absolute atomic E-state index is 0. The van der Waals surface area contributed by atoms with Gasteiger partial charge in [0.25, 0.3) is 0 Å². The van der Waals surface area contributed by atoms with Crippen molar-refractivity contribution >= 4 is 29.9 Å². The van der Waals surface area contributed by atoms with E-state index in [-0.39, 0.29) is 24.0 Å². The largest absolute Gasteiger partial charge is 0.497 e. The van der Waals surface area contributed by atoms with Gasteiger partial charge in [0.05, 0.1) is 26.9 Å². The zero-order valence-electron chi connectivity index (χ0n) is 15.3. The van der Waals surface area contributed by atoms with Gasteiger partial charge in [-0.2, -0.15) is 0 Å². The second-order valence-electron chi connectivity index (χ2n) is 5.78. The molecule has 0 atom stereocenters. The quantitative estimate of drug-likeness (QED) is 0.268. The number of benzene rings is 1. The summed E-state index contributed by atoms with van der Waals surface area (Å²) in [6.07, 6.45) is 1.10. The molecule has 1 fully saturated rings. The van der Waals surface area contributed by atoms with Crippen LogP contribution in [0.1, 0.15) is 18.9 Å². The van der Waals surface area contributed by atoms with Gasteiger partial charge in [0.1, 0.15) is 5.75 Å². The lowest BCUT2D eigenvalue weighted by atomic mass is 10.2. The number of nitrogens with one attached hydrogen (secondary N) is 2. The highest BCUT2D eigenvalue weighted by atomic mass is 127. The fourth-order valence-corrected chi connectivity index (χ4v) is 2.58. The summed E-state index contributed by atoms with van der Waals surface area (Å²) in [4.78, 5) is 7.09. The van der Waals surface area contributed by atoms with Crippen molar-refractivity contribution in [1.29, 1.82) is 0 Å². The maximum atomic E-state index is 5.37. The molecule has 142 valence electrons. The highest BCUT2D eigenvalue weighted by Gasteiger charge is 2.09. The van der Waals surface area contributed by atoms with Crippen LogP contribution in [0.3, 0.4) is 0 Å². The molecular weight excluding hydrogens is 431 g/mol. The predicted molar refractivity (Wildman–Crippen MR) is 113 cm³/mol. The first-order chi connectivity index (χ1) is 11.8. The second kappa shape index (κ2) is 13.2. The van der Waals surface area contributed by atoms with Gasteiger partial charge in [-0.15, -0.1) is 24.0 Å². The van der Waals surface area contributed by atoms with Crippen LogP contribution in [0.25, 0.3) is 0 Å². The Morgan fingerprint density at radius 1 is 1.20 bits per heavy atom. The molecule has 25 heavy (non-hydrogen) atoms. The van der Waals surface area contributed by atoms with E-state index in [9.17, 15) is 0 Å². The lowest BCUT2D eigenvalue weighted by molar-refractivity contribution is 0.0376. The van der Waals surface area contributed by atoms with Crippen molar-refractivity contribution in [3.05, 3.63) is 29.8 Å².